The van der Waals surface area contributed by atoms with Gasteiger partial charge in [0.25, 0.3) is 0 Å². The van der Waals surface area contributed by atoms with E-state index in [1.54, 1.807) is 0 Å². The number of fused-ring (bicyclic) bond motifs is 2. The highest BCUT2D eigenvalue weighted by atomic mass is 33.1. The van der Waals surface area contributed by atoms with E-state index in [4.69, 9.17) is 9.47 Å². The number of thioether (sulfide) groups is 2. The molecule has 2 radical (unpaired) electrons. The molecule has 2 heterocycles. The largest absolute Gasteiger partial charge is 0.375 e. The summed E-state index contributed by atoms with van der Waals surface area (Å²) in [5.41, 5.74) is 0.947. The Bertz CT molecular complexity index is 525. The van der Waals surface area contributed by atoms with Crippen molar-refractivity contribution in [3.8, 4) is 0 Å². The van der Waals surface area contributed by atoms with Crippen molar-refractivity contribution in [2.45, 2.75) is 17.0 Å². The Morgan fingerprint density at radius 1 is 1.17 bits per heavy atom. The zero-order chi connectivity index (χ0) is 17.2. The summed E-state index contributed by atoms with van der Waals surface area (Å²) in [5.74, 6) is 3.65. The molecule has 0 aromatic carbocycles. The van der Waals surface area contributed by atoms with E-state index in [9.17, 15) is 0 Å². The highest BCUT2D eigenvalue weighted by Gasteiger charge is 2.60. The fraction of sp³-hybridized carbons (Fsp3) is 0.625. The van der Waals surface area contributed by atoms with E-state index < -0.39 is 0 Å². The Balaban J connectivity index is 1.80. The minimum Gasteiger partial charge on any atom is -0.375 e. The monoisotopic (exact) mass is 438 g/mol. The van der Waals surface area contributed by atoms with E-state index in [2.05, 4.69) is 49.3 Å². The van der Waals surface area contributed by atoms with Gasteiger partial charge in [-0.2, -0.15) is 0 Å². The molecule has 0 bridgehead atoms. The van der Waals surface area contributed by atoms with Gasteiger partial charge >= 0.3 is 0 Å². The molecule has 3 aliphatic rings. The van der Waals surface area contributed by atoms with Gasteiger partial charge in [-0.25, -0.2) is 0 Å². The second kappa shape index (κ2) is 8.67. The number of rotatable bonds is 8. The van der Waals surface area contributed by atoms with Gasteiger partial charge in [0.1, 0.15) is 0 Å². The second-order valence-electron chi connectivity index (χ2n) is 5.99. The third-order valence-electron chi connectivity index (χ3n) is 4.71. The van der Waals surface area contributed by atoms with Crippen molar-refractivity contribution in [3.63, 3.8) is 0 Å². The maximum Gasteiger partial charge on any atom is 0.0926 e. The molecule has 8 heteroatoms. The van der Waals surface area contributed by atoms with Crippen LogP contribution in [-0.2, 0) is 9.47 Å². The lowest BCUT2D eigenvalue weighted by Gasteiger charge is -2.44. The van der Waals surface area contributed by atoms with Crippen LogP contribution in [0.1, 0.15) is 0 Å². The molecule has 0 saturated carbocycles. The molecule has 4 atom stereocenters. The third-order valence-corrected chi connectivity index (χ3v) is 9.35. The van der Waals surface area contributed by atoms with Crippen molar-refractivity contribution in [2.24, 2.45) is 5.41 Å². The standard InChI is InChI=1S/C16H22O2S6/c1-15-4-3-11-12(17-5-7-23-19)9-21-14(11)16(15,2)13(10-22-15)18-6-8-24-20/h3-4,12-13,19-20H,1-2,5-10H2. The zero-order valence-corrected chi connectivity index (χ0v) is 18.4. The zero-order valence-electron chi connectivity index (χ0n) is 13.3. The topological polar surface area (TPSA) is 18.5 Å². The molecule has 24 heavy (non-hydrogen) atoms. The molecule has 0 amide bonds. The quantitative estimate of drug-likeness (QED) is 0.325. The third kappa shape index (κ3) is 3.60. The maximum absolute atomic E-state index is 6.19. The van der Waals surface area contributed by atoms with Crippen LogP contribution in [0.2, 0.25) is 0 Å². The predicted octanol–water partition coefficient (Wildman–Crippen LogP) is 4.62. The summed E-state index contributed by atoms with van der Waals surface area (Å²) < 4.78 is 12.0. The van der Waals surface area contributed by atoms with Gasteiger partial charge in [0.05, 0.1) is 25.4 Å². The molecule has 1 aliphatic carbocycles. The Labute approximate surface area is 172 Å². The van der Waals surface area contributed by atoms with Gasteiger partial charge in [0.15, 0.2) is 0 Å². The summed E-state index contributed by atoms with van der Waals surface area (Å²) in [4.78, 5) is 1.32. The van der Waals surface area contributed by atoms with E-state index in [1.807, 2.05) is 23.5 Å². The van der Waals surface area contributed by atoms with Crippen molar-refractivity contribution in [1.29, 1.82) is 0 Å². The van der Waals surface area contributed by atoms with E-state index >= 15 is 0 Å². The Morgan fingerprint density at radius 2 is 1.88 bits per heavy atom. The number of ether oxygens (including phenoxy) is 2. The molecule has 0 spiro atoms. The fourth-order valence-corrected chi connectivity index (χ4v) is 7.23. The van der Waals surface area contributed by atoms with E-state index in [-0.39, 0.29) is 22.4 Å². The fourth-order valence-electron chi connectivity index (χ4n) is 3.36. The van der Waals surface area contributed by atoms with E-state index in [0.717, 1.165) is 29.6 Å². The van der Waals surface area contributed by atoms with Crippen molar-refractivity contribution < 1.29 is 9.47 Å². The van der Waals surface area contributed by atoms with Crippen molar-refractivity contribution >= 4 is 68.4 Å². The molecule has 0 aromatic rings. The van der Waals surface area contributed by atoms with Crippen molar-refractivity contribution in [1.82, 2.24) is 0 Å². The number of hydrogen-bond acceptors (Lipinski definition) is 8. The van der Waals surface area contributed by atoms with Crippen LogP contribution in [0, 0.1) is 19.3 Å². The first-order valence-corrected chi connectivity index (χ1v) is 13.8. The van der Waals surface area contributed by atoms with Gasteiger partial charge in [-0.1, -0.05) is 33.7 Å². The van der Waals surface area contributed by atoms with Crippen LogP contribution in [-0.4, -0.2) is 53.2 Å². The van der Waals surface area contributed by atoms with Gasteiger partial charge in [-0.3, -0.25) is 0 Å². The van der Waals surface area contributed by atoms with Gasteiger partial charge in [-0.05, 0) is 19.4 Å². The summed E-state index contributed by atoms with van der Waals surface area (Å²) in [7, 11) is 3.03. The SMILES string of the molecule is [CH2]C12C=CC3=C(SCC3OCCSS)C1([CH2])C(OCCSS)CS2. The number of thiol groups is 2. The molecular formula is C16H22O2S6. The lowest BCUT2D eigenvalue weighted by molar-refractivity contribution is 0.0234. The van der Waals surface area contributed by atoms with Crippen molar-refractivity contribution in [3.05, 3.63) is 36.5 Å². The first-order chi connectivity index (χ1) is 11.6. The lowest BCUT2D eigenvalue weighted by atomic mass is 9.69. The Hall–Kier alpha value is 1.50. The van der Waals surface area contributed by atoms with Crippen LogP contribution in [0.4, 0.5) is 0 Å². The van der Waals surface area contributed by atoms with Crippen molar-refractivity contribution in [2.75, 3.05) is 36.2 Å². The molecular weight excluding hydrogens is 417 g/mol. The number of hydrogen-bond donors (Lipinski definition) is 2. The average molecular weight is 439 g/mol. The lowest BCUT2D eigenvalue weighted by Crippen LogP contribution is -2.47. The first kappa shape index (κ1) is 20.2. The molecule has 0 N–H and O–H groups in total. The maximum atomic E-state index is 6.19. The summed E-state index contributed by atoms with van der Waals surface area (Å²) >= 11 is 12.1. The molecule has 134 valence electrons. The molecule has 2 nitrogen and oxygen atoms in total. The average Bonchev–Trinajstić information content (AvgIpc) is 3.09. The van der Waals surface area contributed by atoms with Gasteiger partial charge < -0.3 is 9.47 Å². The predicted molar refractivity (Wildman–Crippen MR) is 119 cm³/mol. The van der Waals surface area contributed by atoms with Crippen LogP contribution in [0.15, 0.2) is 22.6 Å². The minimum atomic E-state index is -0.329. The first-order valence-electron chi connectivity index (χ1n) is 7.74. The van der Waals surface area contributed by atoms with Crippen LogP contribution < -0.4 is 0 Å². The highest BCUT2D eigenvalue weighted by molar-refractivity contribution is 8.68. The van der Waals surface area contributed by atoms with E-state index in [0.29, 0.717) is 6.61 Å². The smallest absolute Gasteiger partial charge is 0.0926 e. The summed E-state index contributed by atoms with van der Waals surface area (Å²) in [6.07, 6.45) is 4.65. The van der Waals surface area contributed by atoms with Gasteiger partial charge in [0.2, 0.25) is 0 Å². The van der Waals surface area contributed by atoms with Crippen LogP contribution in [0.5, 0.6) is 0 Å². The molecule has 4 unspecified atom stereocenters. The normalized spacial score (nSPS) is 37.8. The van der Waals surface area contributed by atoms with Gasteiger partial charge in [0, 0.05) is 38.1 Å². The molecule has 1 saturated heterocycles. The summed E-state index contributed by atoms with van der Waals surface area (Å²) in [6, 6.07) is 0. The Morgan fingerprint density at radius 3 is 2.58 bits per heavy atom. The highest BCUT2D eigenvalue weighted by Crippen LogP contribution is 2.64. The Kier molecular flexibility index (Phi) is 7.31. The molecule has 3 rings (SSSR count). The summed E-state index contributed by atoms with van der Waals surface area (Å²) in [5, 5.41) is 0. The molecule has 0 aromatic heterocycles. The minimum absolute atomic E-state index is 0.0784. The van der Waals surface area contributed by atoms with Gasteiger partial charge in [-0.15, -0.1) is 46.8 Å². The van der Waals surface area contributed by atoms with E-state index in [1.165, 1.54) is 32.1 Å². The van der Waals surface area contributed by atoms with Crippen LogP contribution in [0.3, 0.4) is 0 Å². The van der Waals surface area contributed by atoms with Crippen LogP contribution >= 0.6 is 68.4 Å². The second-order valence-corrected chi connectivity index (χ2v) is 11.2. The summed E-state index contributed by atoms with van der Waals surface area (Å²) in [6.45, 7) is 10.6. The van der Waals surface area contributed by atoms with Crippen LogP contribution in [0.25, 0.3) is 0 Å². The molecule has 1 fully saturated rings. The molecule has 2 aliphatic heterocycles.